The lowest BCUT2D eigenvalue weighted by molar-refractivity contribution is 0.102. The van der Waals surface area contributed by atoms with E-state index in [0.29, 0.717) is 5.56 Å². The minimum atomic E-state index is -0.197. The second-order valence-corrected chi connectivity index (χ2v) is 4.44. The van der Waals surface area contributed by atoms with Crippen molar-refractivity contribution in [2.24, 2.45) is 0 Å². The van der Waals surface area contributed by atoms with Gasteiger partial charge in [-0.05, 0) is 48.5 Å². The van der Waals surface area contributed by atoms with E-state index in [1.54, 1.807) is 12.1 Å². The molecule has 4 nitrogen and oxygen atoms in total. The van der Waals surface area contributed by atoms with Gasteiger partial charge in [-0.1, -0.05) is 0 Å². The zero-order valence-electron chi connectivity index (χ0n) is 10.9. The highest BCUT2D eigenvalue weighted by Crippen LogP contribution is 2.17. The van der Waals surface area contributed by atoms with Crippen molar-refractivity contribution in [1.82, 2.24) is 0 Å². The minimum absolute atomic E-state index is 0.145. The Morgan fingerprint density at radius 1 is 1.00 bits per heavy atom. The SMILES string of the molecule is CN(C)c1ccc(NC(=O)c2ccc(O)cc2)cc1. The molecule has 2 aromatic carbocycles. The predicted molar refractivity (Wildman–Crippen MR) is 76.8 cm³/mol. The highest BCUT2D eigenvalue weighted by atomic mass is 16.3. The van der Waals surface area contributed by atoms with Crippen molar-refractivity contribution in [2.75, 3.05) is 24.3 Å². The van der Waals surface area contributed by atoms with E-state index in [1.807, 2.05) is 43.3 Å². The molecular formula is C15H16N2O2. The average molecular weight is 256 g/mol. The Morgan fingerprint density at radius 3 is 2.11 bits per heavy atom. The van der Waals surface area contributed by atoms with Crippen molar-refractivity contribution in [3.63, 3.8) is 0 Å². The summed E-state index contributed by atoms with van der Waals surface area (Å²) in [5, 5.41) is 12.0. The van der Waals surface area contributed by atoms with E-state index in [9.17, 15) is 9.90 Å². The summed E-state index contributed by atoms with van der Waals surface area (Å²) in [6, 6.07) is 13.7. The fraction of sp³-hybridized carbons (Fsp3) is 0.133. The average Bonchev–Trinajstić information content (AvgIpc) is 2.40. The molecule has 0 saturated heterocycles. The minimum Gasteiger partial charge on any atom is -0.508 e. The van der Waals surface area contributed by atoms with Gasteiger partial charge in [0.1, 0.15) is 5.75 Å². The molecule has 0 aliphatic rings. The second-order valence-electron chi connectivity index (χ2n) is 4.44. The molecule has 0 fully saturated rings. The number of phenolic OH excluding ortho intramolecular Hbond substituents is 1. The van der Waals surface area contributed by atoms with Crippen LogP contribution in [0.4, 0.5) is 11.4 Å². The van der Waals surface area contributed by atoms with Crippen molar-refractivity contribution in [3.05, 3.63) is 54.1 Å². The van der Waals surface area contributed by atoms with E-state index in [4.69, 9.17) is 0 Å². The number of aromatic hydroxyl groups is 1. The predicted octanol–water partition coefficient (Wildman–Crippen LogP) is 2.71. The van der Waals surface area contributed by atoms with E-state index in [2.05, 4.69) is 5.32 Å². The molecule has 0 aliphatic carbocycles. The summed E-state index contributed by atoms with van der Waals surface area (Å²) in [7, 11) is 3.92. The number of benzene rings is 2. The molecule has 19 heavy (non-hydrogen) atoms. The maximum absolute atomic E-state index is 11.9. The molecule has 0 saturated carbocycles. The fourth-order valence-corrected chi connectivity index (χ4v) is 1.66. The third-order valence-corrected chi connectivity index (χ3v) is 2.77. The van der Waals surface area contributed by atoms with Crippen molar-refractivity contribution in [1.29, 1.82) is 0 Å². The third kappa shape index (κ3) is 3.25. The summed E-state index contributed by atoms with van der Waals surface area (Å²) in [5.74, 6) is -0.0514. The van der Waals surface area contributed by atoms with Gasteiger partial charge in [-0.3, -0.25) is 4.79 Å². The van der Waals surface area contributed by atoms with Crippen molar-refractivity contribution < 1.29 is 9.90 Å². The molecule has 0 heterocycles. The number of hydrogen-bond donors (Lipinski definition) is 2. The fourth-order valence-electron chi connectivity index (χ4n) is 1.66. The lowest BCUT2D eigenvalue weighted by Crippen LogP contribution is -2.12. The molecule has 2 aromatic rings. The summed E-state index contributed by atoms with van der Waals surface area (Å²) in [6.45, 7) is 0. The van der Waals surface area contributed by atoms with E-state index in [-0.39, 0.29) is 11.7 Å². The molecule has 0 radical (unpaired) electrons. The van der Waals surface area contributed by atoms with E-state index in [1.165, 1.54) is 12.1 Å². The van der Waals surface area contributed by atoms with Gasteiger partial charge in [0.25, 0.3) is 5.91 Å². The van der Waals surface area contributed by atoms with Crippen LogP contribution < -0.4 is 10.2 Å². The first kappa shape index (κ1) is 13.0. The van der Waals surface area contributed by atoms with Crippen molar-refractivity contribution >= 4 is 17.3 Å². The van der Waals surface area contributed by atoms with Crippen LogP contribution in [-0.4, -0.2) is 25.1 Å². The second kappa shape index (κ2) is 5.44. The molecule has 0 bridgehead atoms. The largest absolute Gasteiger partial charge is 0.508 e. The molecule has 0 spiro atoms. The molecule has 0 aliphatic heterocycles. The maximum Gasteiger partial charge on any atom is 0.255 e. The first-order valence-electron chi connectivity index (χ1n) is 5.94. The lowest BCUT2D eigenvalue weighted by Gasteiger charge is -2.13. The maximum atomic E-state index is 11.9. The van der Waals surface area contributed by atoms with Crippen LogP contribution >= 0.6 is 0 Å². The number of amides is 1. The Hall–Kier alpha value is -2.49. The number of carbonyl (C=O) groups is 1. The Labute approximate surface area is 112 Å². The van der Waals surface area contributed by atoms with Gasteiger partial charge in [0.05, 0.1) is 0 Å². The van der Waals surface area contributed by atoms with Crippen LogP contribution in [0.5, 0.6) is 5.75 Å². The summed E-state index contributed by atoms with van der Waals surface area (Å²) in [5.41, 5.74) is 2.32. The Morgan fingerprint density at radius 2 is 1.58 bits per heavy atom. The summed E-state index contributed by atoms with van der Waals surface area (Å²) < 4.78 is 0. The van der Waals surface area contributed by atoms with Crippen LogP contribution in [0.1, 0.15) is 10.4 Å². The quantitative estimate of drug-likeness (QED) is 0.887. The molecule has 98 valence electrons. The molecular weight excluding hydrogens is 240 g/mol. The number of hydrogen-bond acceptors (Lipinski definition) is 3. The van der Waals surface area contributed by atoms with Crippen LogP contribution in [0, 0.1) is 0 Å². The number of rotatable bonds is 3. The first-order valence-corrected chi connectivity index (χ1v) is 5.94. The van der Waals surface area contributed by atoms with Crippen molar-refractivity contribution in [3.8, 4) is 5.75 Å². The van der Waals surface area contributed by atoms with Crippen LogP contribution in [0.2, 0.25) is 0 Å². The zero-order valence-corrected chi connectivity index (χ0v) is 10.9. The number of nitrogens with zero attached hydrogens (tertiary/aromatic N) is 1. The normalized spacial score (nSPS) is 10.0. The van der Waals surface area contributed by atoms with Gasteiger partial charge in [-0.25, -0.2) is 0 Å². The van der Waals surface area contributed by atoms with Gasteiger partial charge in [0, 0.05) is 31.0 Å². The van der Waals surface area contributed by atoms with Gasteiger partial charge < -0.3 is 15.3 Å². The smallest absolute Gasteiger partial charge is 0.255 e. The van der Waals surface area contributed by atoms with Crippen LogP contribution in [0.15, 0.2) is 48.5 Å². The topological polar surface area (TPSA) is 52.6 Å². The van der Waals surface area contributed by atoms with Gasteiger partial charge in [0.2, 0.25) is 0 Å². The Balaban J connectivity index is 2.08. The molecule has 2 rings (SSSR count). The molecule has 4 heteroatoms. The van der Waals surface area contributed by atoms with Crippen molar-refractivity contribution in [2.45, 2.75) is 0 Å². The van der Waals surface area contributed by atoms with E-state index >= 15 is 0 Å². The highest BCUT2D eigenvalue weighted by molar-refractivity contribution is 6.04. The first-order chi connectivity index (χ1) is 9.06. The molecule has 0 unspecified atom stereocenters. The standard InChI is InChI=1S/C15H16N2O2/c1-17(2)13-7-5-12(6-8-13)16-15(19)11-3-9-14(18)10-4-11/h3-10,18H,1-2H3,(H,16,19). The monoisotopic (exact) mass is 256 g/mol. The number of phenols is 1. The Kier molecular flexibility index (Phi) is 3.71. The number of anilines is 2. The van der Waals surface area contributed by atoms with Gasteiger partial charge >= 0.3 is 0 Å². The number of nitrogens with one attached hydrogen (secondary N) is 1. The molecule has 0 atom stereocenters. The molecule has 0 aromatic heterocycles. The highest BCUT2D eigenvalue weighted by Gasteiger charge is 2.06. The third-order valence-electron chi connectivity index (χ3n) is 2.77. The van der Waals surface area contributed by atoms with Gasteiger partial charge in [-0.2, -0.15) is 0 Å². The van der Waals surface area contributed by atoms with E-state index in [0.717, 1.165) is 11.4 Å². The summed E-state index contributed by atoms with van der Waals surface area (Å²) >= 11 is 0. The summed E-state index contributed by atoms with van der Waals surface area (Å²) in [6.07, 6.45) is 0. The molecule has 2 N–H and O–H groups in total. The van der Waals surface area contributed by atoms with Gasteiger partial charge in [-0.15, -0.1) is 0 Å². The van der Waals surface area contributed by atoms with Gasteiger partial charge in [0.15, 0.2) is 0 Å². The lowest BCUT2D eigenvalue weighted by atomic mass is 10.2. The van der Waals surface area contributed by atoms with Crippen LogP contribution in [0.25, 0.3) is 0 Å². The molecule has 1 amide bonds. The van der Waals surface area contributed by atoms with Crippen LogP contribution in [0.3, 0.4) is 0 Å². The van der Waals surface area contributed by atoms with Crippen LogP contribution in [-0.2, 0) is 0 Å². The summed E-state index contributed by atoms with van der Waals surface area (Å²) in [4.78, 5) is 13.9. The number of carbonyl (C=O) groups excluding carboxylic acids is 1. The zero-order chi connectivity index (χ0) is 13.8. The van der Waals surface area contributed by atoms with E-state index < -0.39 is 0 Å². The Bertz CT molecular complexity index is 560.